The van der Waals surface area contributed by atoms with Gasteiger partial charge in [-0.2, -0.15) is 0 Å². The first kappa shape index (κ1) is 13.1. The maximum Gasteiger partial charge on any atom is 0.323 e. The molecular weight excluding hydrogens is 252 g/mol. The summed E-state index contributed by atoms with van der Waals surface area (Å²) in [4.78, 5) is 14.4. The Hall–Kier alpha value is -0.610. The van der Waals surface area contributed by atoms with Crippen molar-refractivity contribution in [2.24, 2.45) is 11.8 Å². The molecule has 4 unspecified atom stereocenters. The van der Waals surface area contributed by atoms with Crippen molar-refractivity contribution in [2.75, 3.05) is 13.1 Å². The van der Waals surface area contributed by atoms with Gasteiger partial charge in [0.25, 0.3) is 0 Å². The van der Waals surface area contributed by atoms with Crippen LogP contribution in [0.25, 0.3) is 0 Å². The van der Waals surface area contributed by atoms with Crippen LogP contribution < -0.4 is 5.32 Å². The summed E-state index contributed by atoms with van der Waals surface area (Å²) in [6.07, 6.45) is 9.23. The Morgan fingerprint density at radius 1 is 1.10 bits per heavy atom. The molecule has 0 aromatic heterocycles. The monoisotopic (exact) mass is 278 g/mol. The molecule has 4 atom stereocenters. The van der Waals surface area contributed by atoms with Gasteiger partial charge >= 0.3 is 5.97 Å². The summed E-state index contributed by atoms with van der Waals surface area (Å²) in [7, 11) is 0. The van der Waals surface area contributed by atoms with Crippen molar-refractivity contribution < 1.29 is 9.90 Å². The van der Waals surface area contributed by atoms with Gasteiger partial charge in [0.2, 0.25) is 0 Å². The number of hydrogen-bond donors (Lipinski definition) is 2. The van der Waals surface area contributed by atoms with E-state index in [1.165, 1.54) is 32.4 Å². The van der Waals surface area contributed by atoms with E-state index in [1.54, 1.807) is 0 Å². The van der Waals surface area contributed by atoms with Crippen LogP contribution in [0.15, 0.2) is 0 Å². The quantitative estimate of drug-likeness (QED) is 0.824. The predicted molar refractivity (Wildman–Crippen MR) is 76.6 cm³/mol. The van der Waals surface area contributed by atoms with Crippen molar-refractivity contribution in [1.29, 1.82) is 0 Å². The van der Waals surface area contributed by atoms with Gasteiger partial charge in [0, 0.05) is 25.2 Å². The van der Waals surface area contributed by atoms with Gasteiger partial charge in [0.05, 0.1) is 0 Å². The third-order valence-electron chi connectivity index (χ3n) is 6.23. The van der Waals surface area contributed by atoms with E-state index in [4.69, 9.17) is 0 Å². The smallest absolute Gasteiger partial charge is 0.323 e. The lowest BCUT2D eigenvalue weighted by Crippen LogP contribution is -2.52. The van der Waals surface area contributed by atoms with Crippen molar-refractivity contribution in [1.82, 2.24) is 10.2 Å². The van der Waals surface area contributed by atoms with E-state index in [0.717, 1.165) is 43.9 Å². The van der Waals surface area contributed by atoms with Gasteiger partial charge in [0.15, 0.2) is 0 Å². The molecule has 1 heterocycles. The van der Waals surface area contributed by atoms with Gasteiger partial charge in [0.1, 0.15) is 5.54 Å². The Morgan fingerprint density at radius 3 is 2.40 bits per heavy atom. The summed E-state index contributed by atoms with van der Waals surface area (Å²) in [6.45, 7) is 2.46. The molecule has 112 valence electrons. The van der Waals surface area contributed by atoms with Crippen LogP contribution in [-0.2, 0) is 4.79 Å². The highest BCUT2D eigenvalue weighted by molar-refractivity contribution is 5.79. The summed E-state index contributed by atoms with van der Waals surface area (Å²) < 4.78 is 0. The molecular formula is C16H26N2O2. The summed E-state index contributed by atoms with van der Waals surface area (Å²) >= 11 is 0. The average Bonchev–Trinajstić information content (AvgIpc) is 2.82. The summed E-state index contributed by atoms with van der Waals surface area (Å²) in [5.74, 6) is 1.20. The molecule has 0 aromatic carbocycles. The Morgan fingerprint density at radius 2 is 1.80 bits per heavy atom. The molecule has 0 aromatic rings. The predicted octanol–water partition coefficient (Wildman–Crippen LogP) is 1.85. The maximum absolute atomic E-state index is 11.8. The first-order valence-electron chi connectivity index (χ1n) is 8.41. The van der Waals surface area contributed by atoms with Crippen LogP contribution in [0.4, 0.5) is 0 Å². The van der Waals surface area contributed by atoms with Crippen molar-refractivity contribution >= 4 is 5.97 Å². The fourth-order valence-electron chi connectivity index (χ4n) is 4.91. The van der Waals surface area contributed by atoms with E-state index < -0.39 is 11.5 Å². The number of hydrogen-bond acceptors (Lipinski definition) is 3. The number of nitrogens with zero attached hydrogens (tertiary/aromatic N) is 1. The van der Waals surface area contributed by atoms with Crippen LogP contribution in [0.5, 0.6) is 0 Å². The van der Waals surface area contributed by atoms with E-state index in [1.807, 2.05) is 0 Å². The van der Waals surface area contributed by atoms with Gasteiger partial charge < -0.3 is 5.11 Å². The van der Waals surface area contributed by atoms with Crippen LogP contribution in [0.2, 0.25) is 0 Å². The Balaban J connectivity index is 1.42. The third-order valence-corrected chi connectivity index (χ3v) is 6.23. The maximum atomic E-state index is 11.8. The highest BCUT2D eigenvalue weighted by Crippen LogP contribution is 2.43. The Kier molecular flexibility index (Phi) is 3.08. The van der Waals surface area contributed by atoms with Gasteiger partial charge in [-0.3, -0.25) is 15.0 Å². The number of aliphatic carboxylic acids is 1. The molecule has 2 N–H and O–H groups in total. The lowest BCUT2D eigenvalue weighted by molar-refractivity contribution is -0.145. The molecule has 20 heavy (non-hydrogen) atoms. The van der Waals surface area contributed by atoms with Crippen molar-refractivity contribution in [3.8, 4) is 0 Å². The normalized spacial score (nSPS) is 44.9. The number of carboxylic acids is 1. The zero-order valence-corrected chi connectivity index (χ0v) is 12.2. The second-order valence-electron chi connectivity index (χ2n) is 7.61. The van der Waals surface area contributed by atoms with E-state index in [9.17, 15) is 9.90 Å². The van der Waals surface area contributed by atoms with E-state index in [2.05, 4.69) is 10.2 Å². The minimum absolute atomic E-state index is 0.475. The lowest BCUT2D eigenvalue weighted by atomic mass is 9.97. The second kappa shape index (κ2) is 4.70. The molecule has 4 aliphatic rings. The number of carboxylic acid groups (broad SMARTS) is 1. The topological polar surface area (TPSA) is 52.6 Å². The molecule has 0 bridgehead atoms. The standard InChI is InChI=1S/C16H26N2O2/c19-15(20)16(17-13-4-5-13)7-6-14(8-16)18-9-11-2-1-3-12(11)10-18/h11-14,17H,1-10H2,(H,19,20). The first-order chi connectivity index (χ1) is 9.66. The molecule has 4 nitrogen and oxygen atoms in total. The minimum Gasteiger partial charge on any atom is -0.480 e. The average molecular weight is 278 g/mol. The van der Waals surface area contributed by atoms with Crippen LogP contribution >= 0.6 is 0 Å². The molecule has 0 radical (unpaired) electrons. The molecule has 4 fully saturated rings. The van der Waals surface area contributed by atoms with Gasteiger partial charge in [-0.15, -0.1) is 0 Å². The van der Waals surface area contributed by atoms with Crippen LogP contribution in [0.1, 0.15) is 51.4 Å². The molecule has 3 aliphatic carbocycles. The van der Waals surface area contributed by atoms with Crippen molar-refractivity contribution in [3.05, 3.63) is 0 Å². The summed E-state index contributed by atoms with van der Waals surface area (Å²) in [5.41, 5.74) is -0.621. The number of nitrogens with one attached hydrogen (secondary N) is 1. The molecule has 1 saturated heterocycles. The molecule has 4 rings (SSSR count). The van der Waals surface area contributed by atoms with E-state index in [0.29, 0.717) is 12.1 Å². The van der Waals surface area contributed by atoms with E-state index >= 15 is 0 Å². The zero-order valence-electron chi connectivity index (χ0n) is 12.2. The highest BCUT2D eigenvalue weighted by atomic mass is 16.4. The second-order valence-corrected chi connectivity index (χ2v) is 7.61. The SMILES string of the molecule is O=C(O)C1(NC2CC2)CCC(N2CC3CCCC3C2)C1. The minimum atomic E-state index is -0.621. The number of rotatable bonds is 4. The van der Waals surface area contributed by atoms with Gasteiger partial charge in [-0.25, -0.2) is 0 Å². The fraction of sp³-hybridized carbons (Fsp3) is 0.938. The Bertz CT molecular complexity index is 397. The lowest BCUT2D eigenvalue weighted by Gasteiger charge is -2.29. The van der Waals surface area contributed by atoms with Crippen molar-refractivity contribution in [3.63, 3.8) is 0 Å². The fourth-order valence-corrected chi connectivity index (χ4v) is 4.91. The number of likely N-dealkylation sites (tertiary alicyclic amines) is 1. The van der Waals surface area contributed by atoms with Crippen molar-refractivity contribution in [2.45, 2.75) is 69.0 Å². The van der Waals surface area contributed by atoms with Gasteiger partial charge in [-0.05, 0) is 56.8 Å². The number of carbonyl (C=O) groups is 1. The van der Waals surface area contributed by atoms with Gasteiger partial charge in [-0.1, -0.05) is 6.42 Å². The van der Waals surface area contributed by atoms with Crippen LogP contribution in [-0.4, -0.2) is 46.7 Å². The molecule has 4 heteroatoms. The summed E-state index contributed by atoms with van der Waals surface area (Å²) in [5, 5.41) is 13.1. The Labute approximate surface area is 120 Å². The largest absolute Gasteiger partial charge is 0.480 e. The zero-order chi connectivity index (χ0) is 13.7. The van der Waals surface area contributed by atoms with Crippen LogP contribution in [0.3, 0.4) is 0 Å². The molecule has 3 saturated carbocycles. The molecule has 1 aliphatic heterocycles. The van der Waals surface area contributed by atoms with E-state index in [-0.39, 0.29) is 0 Å². The number of fused-ring (bicyclic) bond motifs is 1. The highest BCUT2D eigenvalue weighted by Gasteiger charge is 2.51. The van der Waals surface area contributed by atoms with Crippen LogP contribution in [0, 0.1) is 11.8 Å². The molecule has 0 amide bonds. The molecule has 0 spiro atoms. The third kappa shape index (κ3) is 2.17. The first-order valence-corrected chi connectivity index (χ1v) is 8.41. The summed E-state index contributed by atoms with van der Waals surface area (Å²) in [6, 6.07) is 0.978.